The zero-order chi connectivity index (χ0) is 14.7. The van der Waals surface area contributed by atoms with Crippen molar-refractivity contribution in [3.63, 3.8) is 0 Å². The van der Waals surface area contributed by atoms with E-state index in [1.165, 1.54) is 0 Å². The van der Waals surface area contributed by atoms with Crippen LogP contribution in [-0.2, 0) is 6.42 Å². The van der Waals surface area contributed by atoms with Crippen molar-refractivity contribution in [2.75, 3.05) is 0 Å². The maximum Gasteiger partial charge on any atom is 0.223 e. The number of hydrogen-bond acceptors (Lipinski definition) is 3. The molecule has 0 atom stereocenters. The molecule has 0 fully saturated rings. The van der Waals surface area contributed by atoms with Gasteiger partial charge in [0.1, 0.15) is 16.2 Å². The highest BCUT2D eigenvalue weighted by molar-refractivity contribution is 9.10. The van der Waals surface area contributed by atoms with Crippen LogP contribution in [0, 0.1) is 0 Å². The standard InChI is InChI=1S/C15H16BrClN2O/c1-4-10-7-11(5-6-12(10)17)20-14-8-13(16)18-15(19-14)9(2)3/h5-9H,4H2,1-3H3. The molecule has 0 spiro atoms. The quantitative estimate of drug-likeness (QED) is 0.691. The minimum Gasteiger partial charge on any atom is -0.439 e. The molecule has 0 bridgehead atoms. The van der Waals surface area contributed by atoms with Crippen molar-refractivity contribution in [1.82, 2.24) is 9.97 Å². The summed E-state index contributed by atoms with van der Waals surface area (Å²) < 4.78 is 6.53. The van der Waals surface area contributed by atoms with Gasteiger partial charge in [-0.2, -0.15) is 4.98 Å². The summed E-state index contributed by atoms with van der Waals surface area (Å²) in [4.78, 5) is 8.74. The first-order chi connectivity index (χ1) is 9.49. The van der Waals surface area contributed by atoms with Crippen molar-refractivity contribution in [3.05, 3.63) is 45.3 Å². The monoisotopic (exact) mass is 354 g/mol. The first-order valence-corrected chi connectivity index (χ1v) is 7.67. The molecule has 2 aromatic rings. The van der Waals surface area contributed by atoms with Gasteiger partial charge >= 0.3 is 0 Å². The van der Waals surface area contributed by atoms with Gasteiger partial charge < -0.3 is 4.74 Å². The van der Waals surface area contributed by atoms with E-state index in [4.69, 9.17) is 16.3 Å². The molecule has 106 valence electrons. The van der Waals surface area contributed by atoms with Crippen LogP contribution in [0.3, 0.4) is 0 Å². The Hall–Kier alpha value is -1.13. The van der Waals surface area contributed by atoms with E-state index in [0.717, 1.165) is 33.2 Å². The minimum atomic E-state index is 0.242. The number of ether oxygens (including phenoxy) is 1. The predicted octanol–water partition coefficient (Wildman–Crippen LogP) is 5.37. The van der Waals surface area contributed by atoms with E-state index in [-0.39, 0.29) is 5.92 Å². The molecular weight excluding hydrogens is 340 g/mol. The maximum absolute atomic E-state index is 6.10. The SMILES string of the molecule is CCc1cc(Oc2cc(Br)nc(C(C)C)n2)ccc1Cl. The molecule has 1 aromatic heterocycles. The minimum absolute atomic E-state index is 0.242. The molecule has 2 rings (SSSR count). The van der Waals surface area contributed by atoms with Crippen molar-refractivity contribution in [3.8, 4) is 11.6 Å². The lowest BCUT2D eigenvalue weighted by Gasteiger charge is -2.10. The highest BCUT2D eigenvalue weighted by Gasteiger charge is 2.09. The van der Waals surface area contributed by atoms with Gasteiger partial charge in [0, 0.05) is 17.0 Å². The molecule has 3 nitrogen and oxygen atoms in total. The van der Waals surface area contributed by atoms with Crippen LogP contribution in [0.15, 0.2) is 28.9 Å². The van der Waals surface area contributed by atoms with Crippen LogP contribution in [0.25, 0.3) is 0 Å². The molecule has 1 aromatic carbocycles. The third-order valence-electron chi connectivity index (χ3n) is 2.83. The molecule has 1 heterocycles. The number of aryl methyl sites for hydroxylation is 1. The molecule has 0 saturated carbocycles. The normalized spacial score (nSPS) is 10.9. The Morgan fingerprint density at radius 2 is 2.00 bits per heavy atom. The molecule has 20 heavy (non-hydrogen) atoms. The van der Waals surface area contributed by atoms with Gasteiger partial charge in [-0.3, -0.25) is 0 Å². The van der Waals surface area contributed by atoms with E-state index < -0.39 is 0 Å². The third kappa shape index (κ3) is 3.70. The van der Waals surface area contributed by atoms with Crippen LogP contribution in [-0.4, -0.2) is 9.97 Å². The first kappa shape index (κ1) is 15.3. The topological polar surface area (TPSA) is 35.0 Å². The van der Waals surface area contributed by atoms with Crippen LogP contribution in [0.2, 0.25) is 5.02 Å². The Balaban J connectivity index is 2.30. The Morgan fingerprint density at radius 1 is 1.25 bits per heavy atom. The lowest BCUT2D eigenvalue weighted by Crippen LogP contribution is -2.00. The van der Waals surface area contributed by atoms with Crippen molar-refractivity contribution >= 4 is 27.5 Å². The third-order valence-corrected chi connectivity index (χ3v) is 3.60. The van der Waals surface area contributed by atoms with Crippen LogP contribution < -0.4 is 4.74 Å². The summed E-state index contributed by atoms with van der Waals surface area (Å²) in [5, 5.41) is 0.756. The molecule has 0 amide bonds. The van der Waals surface area contributed by atoms with Gasteiger partial charge in [-0.1, -0.05) is 32.4 Å². The van der Waals surface area contributed by atoms with Crippen LogP contribution in [0.1, 0.15) is 38.1 Å². The smallest absolute Gasteiger partial charge is 0.223 e. The highest BCUT2D eigenvalue weighted by Crippen LogP contribution is 2.27. The van der Waals surface area contributed by atoms with E-state index in [0.29, 0.717) is 5.88 Å². The lowest BCUT2D eigenvalue weighted by molar-refractivity contribution is 0.455. The molecule has 0 radical (unpaired) electrons. The molecule has 0 aliphatic rings. The molecule has 0 aliphatic carbocycles. The molecule has 0 N–H and O–H groups in total. The zero-order valence-corrected chi connectivity index (χ0v) is 14.0. The van der Waals surface area contributed by atoms with Gasteiger partial charge in [-0.15, -0.1) is 0 Å². The summed E-state index contributed by atoms with van der Waals surface area (Å²) in [5.74, 6) is 2.25. The first-order valence-electron chi connectivity index (χ1n) is 6.50. The highest BCUT2D eigenvalue weighted by atomic mass is 79.9. The van der Waals surface area contributed by atoms with Crippen LogP contribution in [0.5, 0.6) is 11.6 Å². The molecule has 5 heteroatoms. The van der Waals surface area contributed by atoms with E-state index in [1.807, 2.05) is 32.0 Å². The lowest BCUT2D eigenvalue weighted by atomic mass is 10.1. The van der Waals surface area contributed by atoms with E-state index in [1.54, 1.807) is 6.07 Å². The number of aromatic nitrogens is 2. The largest absolute Gasteiger partial charge is 0.439 e. The van der Waals surface area contributed by atoms with E-state index in [2.05, 4.69) is 32.8 Å². The van der Waals surface area contributed by atoms with Crippen molar-refractivity contribution < 1.29 is 4.74 Å². The second kappa shape index (κ2) is 6.55. The van der Waals surface area contributed by atoms with Crippen LogP contribution >= 0.6 is 27.5 Å². The van der Waals surface area contributed by atoms with Gasteiger partial charge in [-0.25, -0.2) is 4.98 Å². The van der Waals surface area contributed by atoms with Crippen LogP contribution in [0.4, 0.5) is 0 Å². The zero-order valence-electron chi connectivity index (χ0n) is 11.7. The van der Waals surface area contributed by atoms with Gasteiger partial charge in [-0.05, 0) is 46.1 Å². The average molecular weight is 356 g/mol. The second-order valence-electron chi connectivity index (χ2n) is 4.75. The average Bonchev–Trinajstić information content (AvgIpc) is 2.40. The molecule has 0 unspecified atom stereocenters. The summed E-state index contributed by atoms with van der Waals surface area (Å²) in [6.45, 7) is 6.15. The Labute approximate surface area is 132 Å². The molecule has 0 saturated heterocycles. The summed E-state index contributed by atoms with van der Waals surface area (Å²) >= 11 is 9.48. The Bertz CT molecular complexity index is 617. The van der Waals surface area contributed by atoms with Crippen molar-refractivity contribution in [2.24, 2.45) is 0 Å². The number of hydrogen-bond donors (Lipinski definition) is 0. The van der Waals surface area contributed by atoms with E-state index >= 15 is 0 Å². The fourth-order valence-corrected chi connectivity index (χ4v) is 2.36. The summed E-state index contributed by atoms with van der Waals surface area (Å²) in [5.41, 5.74) is 1.06. The van der Waals surface area contributed by atoms with E-state index in [9.17, 15) is 0 Å². The number of rotatable bonds is 4. The van der Waals surface area contributed by atoms with Gasteiger partial charge in [0.15, 0.2) is 0 Å². The van der Waals surface area contributed by atoms with Gasteiger partial charge in [0.2, 0.25) is 5.88 Å². The Morgan fingerprint density at radius 3 is 2.65 bits per heavy atom. The maximum atomic E-state index is 6.10. The summed E-state index contributed by atoms with van der Waals surface area (Å²) in [6.07, 6.45) is 0.862. The molecule has 0 aliphatic heterocycles. The van der Waals surface area contributed by atoms with Gasteiger partial charge in [0.25, 0.3) is 0 Å². The fourth-order valence-electron chi connectivity index (χ4n) is 1.73. The van der Waals surface area contributed by atoms with Crippen molar-refractivity contribution in [2.45, 2.75) is 33.1 Å². The number of halogens is 2. The number of benzene rings is 1. The number of nitrogens with zero attached hydrogens (tertiary/aromatic N) is 2. The predicted molar refractivity (Wildman–Crippen MR) is 84.7 cm³/mol. The Kier molecular flexibility index (Phi) is 5.00. The second-order valence-corrected chi connectivity index (χ2v) is 5.97. The molecular formula is C15H16BrClN2O. The summed E-state index contributed by atoms with van der Waals surface area (Å²) in [7, 11) is 0. The fraction of sp³-hybridized carbons (Fsp3) is 0.333. The van der Waals surface area contributed by atoms with Crippen molar-refractivity contribution in [1.29, 1.82) is 0 Å². The van der Waals surface area contributed by atoms with Gasteiger partial charge in [0.05, 0.1) is 0 Å². The summed E-state index contributed by atoms with van der Waals surface area (Å²) in [6, 6.07) is 7.38.